The Balaban J connectivity index is 0.000000217. The zero-order valence-corrected chi connectivity index (χ0v) is 91.9. The maximum atomic E-state index is 15.2. The quantitative estimate of drug-likeness (QED) is 0.0183. The fraction of sp³-hybridized carbons (Fsp3) is 0.723. The largest absolute Gasteiger partial charge is 0.385 e. The van der Waals surface area contributed by atoms with Crippen LogP contribution in [-0.4, -0.2) is 246 Å². The predicted molar refractivity (Wildman–Crippen MR) is 581 cm³/mol. The van der Waals surface area contributed by atoms with Gasteiger partial charge in [-0.1, -0.05) is 211 Å². The molecular weight excluding hydrogens is 1940 g/mol. The van der Waals surface area contributed by atoms with Crippen LogP contribution in [0.5, 0.6) is 0 Å². The molecule has 0 spiro atoms. The highest BCUT2D eigenvalue weighted by molar-refractivity contribution is 6.31. The highest BCUT2D eigenvalue weighted by Gasteiger charge is 2.48. The number of rotatable bonds is 44. The van der Waals surface area contributed by atoms with Crippen LogP contribution in [-0.2, 0) is 36.7 Å². The fourth-order valence-electron chi connectivity index (χ4n) is 24.2. The molecule has 4 aliphatic carbocycles. The summed E-state index contributed by atoms with van der Waals surface area (Å²) in [6, 6.07) is 23.3. The van der Waals surface area contributed by atoms with Gasteiger partial charge in [0.1, 0.15) is 11.6 Å². The number of piperidine rings is 4. The van der Waals surface area contributed by atoms with Gasteiger partial charge in [0.25, 0.3) is 0 Å². The van der Waals surface area contributed by atoms with E-state index in [-0.39, 0.29) is 118 Å². The number of carbonyl (C=O) groups is 7. The molecule has 4 aromatic carbocycles. The lowest BCUT2D eigenvalue weighted by Crippen LogP contribution is -2.55. The number of methoxy groups -OCH3 is 1. The molecule has 34 heteroatoms. The molecule has 4 saturated carbocycles. The lowest BCUT2D eigenvalue weighted by Gasteiger charge is -2.43. The number of halogens is 6. The van der Waals surface area contributed by atoms with Crippen molar-refractivity contribution in [2.24, 2.45) is 53.1 Å². The molecule has 8 fully saturated rings. The molecule has 822 valence electrons. The van der Waals surface area contributed by atoms with Gasteiger partial charge >= 0.3 is 30.2 Å². The first-order chi connectivity index (χ1) is 70.1. The second-order valence-electron chi connectivity index (χ2n) is 43.3. The summed E-state index contributed by atoms with van der Waals surface area (Å²) in [5, 5.41) is 83.0. The number of aliphatic hydroxyl groups is 4. The summed E-state index contributed by atoms with van der Waals surface area (Å²) >= 11 is 24.8. The van der Waals surface area contributed by atoms with E-state index in [4.69, 9.17) is 56.9 Å². The van der Waals surface area contributed by atoms with Crippen LogP contribution in [0.1, 0.15) is 306 Å². The summed E-state index contributed by atoms with van der Waals surface area (Å²) in [5.74, 6) is 0.342. The standard InChI is InChI=1S/2C28H44ClFN4O3.C28H46ClN5O3.C28H46ClN3O3/c1-20(35)32-15-8-14-28(37,24-12-6-13-25(29)26(24)30)22-11-7-16-34(19-22)27(36)33-23(18-31-2)17-21-9-4-3-5-10-21;1-20(35)32-12-7-11-28(37,23-15-24(29)17-25(30)16-23)22-10-6-13-34(19-22)27(36)33-26(18-31-2)14-21-8-4-3-5-9-21;1-30-19-25(17-21-9-4-3-5-10-21)33-27(36)34-16-7-12-23(20-34)28(37,14-8-15-32-26(35)31-2)22-11-6-13-24(29)18-22;1-21(30)26(18-22-10-4-3-5-11-22)31-27(33)32-16-9-13-24(20-32)28(34,15-6-7-17-35-2)23-12-8-14-25(29)19-23/h6,12-13,21-23,31,37H,3-5,7-11,14-19H2,1-2H3,(H,32,35)(H,33,36);15-17,21-22,26,31,37H,3-14,18-19H2,1-2H3,(H,32,35)(H,33,36);6,11,13,18,21,23,25,30,37H,3-5,7-10,12,14-17,19-20H2,1-2H3,(H,33,36)(H2,31,32,35);8,12,14,19,21-22,24,26,34H,3-7,9-11,13,15-18,20,30H2,1-2H3,(H,31,33)/t22-,23+,28+;22-,26+,28+;23-,25+,28-;21-,24?,26-,28+/m1110/s1. The number of nitrogens with one attached hydrogen (secondary N) is 11. The summed E-state index contributed by atoms with van der Waals surface area (Å²) in [7, 11) is 9.01. The van der Waals surface area contributed by atoms with Gasteiger partial charge in [-0.25, -0.2) is 32.8 Å². The van der Waals surface area contributed by atoms with Crippen molar-refractivity contribution in [3.8, 4) is 0 Å². The zero-order chi connectivity index (χ0) is 106. The molecule has 4 aliphatic heterocycles. The second-order valence-corrected chi connectivity index (χ2v) is 45.1. The van der Waals surface area contributed by atoms with Crippen molar-refractivity contribution < 1.29 is 67.5 Å². The molecule has 17 N–H and O–H groups in total. The zero-order valence-electron chi connectivity index (χ0n) is 88.9. The van der Waals surface area contributed by atoms with Crippen LogP contribution < -0.4 is 64.2 Å². The van der Waals surface area contributed by atoms with Gasteiger partial charge in [0.05, 0.1) is 27.4 Å². The Labute approximate surface area is 890 Å². The van der Waals surface area contributed by atoms with Gasteiger partial charge in [0, 0.05) is 201 Å². The molecule has 1 unspecified atom stereocenters. The van der Waals surface area contributed by atoms with Crippen LogP contribution in [0.4, 0.5) is 32.8 Å². The van der Waals surface area contributed by atoms with Crippen molar-refractivity contribution in [1.82, 2.24) is 78.1 Å². The number of likely N-dealkylation sites (N-methyl/N-ethyl adjacent to an activating group) is 3. The Morgan fingerprint density at radius 1 is 0.411 bits per heavy atom. The monoisotopic (exact) mass is 2120 g/mol. The van der Waals surface area contributed by atoms with Crippen molar-refractivity contribution in [2.45, 2.75) is 337 Å². The minimum Gasteiger partial charge on any atom is -0.385 e. The molecule has 12 rings (SSSR count). The predicted octanol–water partition coefficient (Wildman–Crippen LogP) is 18.8. The Kier molecular flexibility index (Phi) is 53.6. The van der Waals surface area contributed by atoms with E-state index in [9.17, 15) is 58.4 Å². The van der Waals surface area contributed by atoms with E-state index in [2.05, 4.69) is 58.5 Å². The number of urea groups is 5. The van der Waals surface area contributed by atoms with Crippen LogP contribution in [0.3, 0.4) is 0 Å². The summed E-state index contributed by atoms with van der Waals surface area (Å²) in [5.41, 5.74) is 3.38. The molecule has 4 saturated heterocycles. The average Bonchev–Trinajstić information content (AvgIpc) is 0.784. The summed E-state index contributed by atoms with van der Waals surface area (Å²) in [6.07, 6.45) is 40.4. The van der Waals surface area contributed by atoms with E-state index in [1.165, 1.54) is 160 Å². The van der Waals surface area contributed by atoms with Crippen LogP contribution in [0.2, 0.25) is 20.1 Å². The van der Waals surface area contributed by atoms with Gasteiger partial charge in [-0.3, -0.25) is 9.59 Å². The lowest BCUT2D eigenvalue weighted by atomic mass is 9.74. The number of likely N-dealkylation sites (tertiary alicyclic amines) is 4. The third kappa shape index (κ3) is 39.5. The van der Waals surface area contributed by atoms with E-state index in [0.29, 0.717) is 189 Å². The highest BCUT2D eigenvalue weighted by atomic mass is 35.5. The lowest BCUT2D eigenvalue weighted by molar-refractivity contribution is -0.119. The number of unbranched alkanes of at least 4 members (excludes halogenated alkanes) is 1. The number of nitrogens with zero attached hydrogens (tertiary/aromatic N) is 4. The van der Waals surface area contributed by atoms with Gasteiger partial charge in [-0.05, 0) is 252 Å². The van der Waals surface area contributed by atoms with Gasteiger partial charge in [0.2, 0.25) is 11.8 Å². The van der Waals surface area contributed by atoms with Gasteiger partial charge in [-0.15, -0.1) is 0 Å². The molecule has 28 nitrogen and oxygen atoms in total. The Morgan fingerprint density at radius 2 is 0.753 bits per heavy atom. The molecule has 4 heterocycles. The Morgan fingerprint density at radius 3 is 1.11 bits per heavy atom. The Bertz CT molecular complexity index is 4540. The number of amides is 12. The van der Waals surface area contributed by atoms with Crippen molar-refractivity contribution in [3.63, 3.8) is 0 Å². The van der Waals surface area contributed by atoms with Crippen LogP contribution >= 0.6 is 46.4 Å². The molecule has 146 heavy (non-hydrogen) atoms. The van der Waals surface area contributed by atoms with E-state index in [1.54, 1.807) is 48.2 Å². The number of benzene rings is 4. The van der Waals surface area contributed by atoms with E-state index < -0.39 is 34.0 Å². The molecule has 12 amide bonds. The maximum Gasteiger partial charge on any atom is 0.317 e. The first kappa shape index (κ1) is 122. The summed E-state index contributed by atoms with van der Waals surface area (Å²) < 4.78 is 34.7. The van der Waals surface area contributed by atoms with E-state index in [0.717, 1.165) is 88.3 Å². The first-order valence-electron chi connectivity index (χ1n) is 55.3. The van der Waals surface area contributed by atoms with Crippen molar-refractivity contribution >= 4 is 88.4 Å². The number of nitrogens with two attached hydrogens (primary N) is 1. The van der Waals surface area contributed by atoms with Crippen LogP contribution in [0, 0.1) is 59.0 Å². The van der Waals surface area contributed by atoms with Crippen molar-refractivity contribution in [2.75, 3.05) is 134 Å². The molecule has 0 radical (unpaired) electrons. The summed E-state index contributed by atoms with van der Waals surface area (Å²) in [4.78, 5) is 95.0. The first-order valence-corrected chi connectivity index (χ1v) is 56.8. The number of hydrogen-bond donors (Lipinski definition) is 16. The normalized spacial score (nSPS) is 21.6. The van der Waals surface area contributed by atoms with Crippen LogP contribution in [0.15, 0.2) is 84.9 Å². The third-order valence-corrected chi connectivity index (χ3v) is 33.2. The van der Waals surface area contributed by atoms with E-state index >= 15 is 4.39 Å². The molecule has 0 bridgehead atoms. The van der Waals surface area contributed by atoms with Crippen molar-refractivity contribution in [3.05, 3.63) is 139 Å². The molecule has 13 atom stereocenters. The number of hydrogen-bond acceptors (Lipinski definition) is 16. The smallest absolute Gasteiger partial charge is 0.317 e. The van der Waals surface area contributed by atoms with Gasteiger partial charge in [-0.2, -0.15) is 0 Å². The minimum atomic E-state index is -1.52. The fourth-order valence-corrected chi connectivity index (χ4v) is 25.0. The van der Waals surface area contributed by atoms with Gasteiger partial charge in [0.15, 0.2) is 0 Å². The Hall–Kier alpha value is -7.17. The molecule has 8 aliphatic rings. The number of carbonyl (C=O) groups excluding carboxylic acids is 7. The van der Waals surface area contributed by atoms with E-state index in [1.807, 2.05) is 80.3 Å². The number of ether oxygens (including phenoxy) is 1. The average molecular weight is 2120 g/mol. The van der Waals surface area contributed by atoms with Gasteiger partial charge < -0.3 is 109 Å². The highest BCUT2D eigenvalue weighted by Crippen LogP contribution is 2.47. The second kappa shape index (κ2) is 64.0. The summed E-state index contributed by atoms with van der Waals surface area (Å²) in [6.45, 7) is 13.3. The molecular formula is C112H180Cl4F2N16O12. The van der Waals surface area contributed by atoms with Crippen LogP contribution in [0.25, 0.3) is 0 Å². The van der Waals surface area contributed by atoms with Crippen molar-refractivity contribution in [1.29, 1.82) is 0 Å². The maximum absolute atomic E-state index is 15.2. The minimum absolute atomic E-state index is 0.0214. The SMILES string of the molecule is CNC[C@H](CC1CCCCC1)NC(=O)N1CCC[C@@H]([C@@](O)(CCCNC(=O)NC)c2cccc(Cl)c2)C1.CNC[C@H](CC1CCCCC1)NC(=O)N1CCC[C@@H]([C@@](O)(CCCNC(C)=O)c2cc(F)cc(Cl)c2)C1.CNC[C@H](CC1CCCCC1)NC(=O)N1CCC[C@@H]([C@@](O)(CCCNC(C)=O)c2cccc(Cl)c2F)C1.COCCCC[C@@](O)(c1cccc(Cl)c1)C1CCCN(C(=O)N[C@@H](CC2CCCCC2)[C@H](C)N)C1. The molecule has 0 aromatic heterocycles. The topological polar surface area (TPSA) is 381 Å². The third-order valence-electron chi connectivity index (χ3n) is 32.2. The molecule has 4 aromatic rings.